The van der Waals surface area contributed by atoms with Gasteiger partial charge in [0, 0.05) is 16.8 Å². The summed E-state index contributed by atoms with van der Waals surface area (Å²) in [6.07, 6.45) is 2.09. The highest BCUT2D eigenvalue weighted by Gasteiger charge is 2.32. The number of hydrogen-bond acceptors (Lipinski definition) is 4. The second-order valence-corrected chi connectivity index (χ2v) is 9.41. The van der Waals surface area contributed by atoms with E-state index in [4.69, 9.17) is 21.1 Å². The fourth-order valence-electron chi connectivity index (χ4n) is 3.95. The zero-order valence-corrected chi connectivity index (χ0v) is 20.0. The minimum Gasteiger partial charge on any atom is -0.487 e. The van der Waals surface area contributed by atoms with Crippen LogP contribution in [0.15, 0.2) is 79.1 Å². The first-order valence-corrected chi connectivity index (χ1v) is 11.3. The summed E-state index contributed by atoms with van der Waals surface area (Å²) >= 11 is 6.16. The Morgan fingerprint density at radius 2 is 1.79 bits per heavy atom. The van der Waals surface area contributed by atoms with Gasteiger partial charge in [-0.25, -0.2) is 4.79 Å². The maximum Gasteiger partial charge on any atom is 0.337 e. The fraction of sp³-hybridized carbons (Fsp3) is 0.214. The smallest absolute Gasteiger partial charge is 0.337 e. The van der Waals surface area contributed by atoms with Crippen LogP contribution in [-0.4, -0.2) is 21.7 Å². The molecule has 4 rings (SSSR count). The van der Waals surface area contributed by atoms with Crippen LogP contribution in [-0.2, 0) is 16.1 Å². The van der Waals surface area contributed by atoms with Gasteiger partial charge in [-0.3, -0.25) is 4.98 Å². The number of aromatic nitrogens is 1. The molecule has 1 heterocycles. The molecule has 0 saturated carbocycles. The van der Waals surface area contributed by atoms with Crippen molar-refractivity contribution in [1.82, 2.24) is 4.98 Å². The summed E-state index contributed by atoms with van der Waals surface area (Å²) in [5.74, 6) is -0.471. The van der Waals surface area contributed by atoms with Gasteiger partial charge in [0.25, 0.3) is 0 Å². The van der Waals surface area contributed by atoms with Crippen molar-refractivity contribution in [2.75, 3.05) is 0 Å². The van der Waals surface area contributed by atoms with Gasteiger partial charge in [-0.2, -0.15) is 0 Å². The third-order valence-corrected chi connectivity index (χ3v) is 5.55. The van der Waals surface area contributed by atoms with Crippen LogP contribution < -0.4 is 4.74 Å². The average Bonchev–Trinajstić information content (AvgIpc) is 2.81. The normalized spacial score (nSPS) is 12.5. The maximum atomic E-state index is 12.6. The summed E-state index contributed by atoms with van der Waals surface area (Å²) in [6, 6.07) is 20.9. The number of halogens is 1. The van der Waals surface area contributed by atoms with Gasteiger partial charge in [-0.1, -0.05) is 48.0 Å². The van der Waals surface area contributed by atoms with E-state index in [1.807, 2.05) is 69.3 Å². The maximum absolute atomic E-state index is 12.6. The zero-order valence-electron chi connectivity index (χ0n) is 19.3. The van der Waals surface area contributed by atoms with Crippen LogP contribution in [0.5, 0.6) is 5.75 Å². The van der Waals surface area contributed by atoms with Gasteiger partial charge in [0.1, 0.15) is 12.4 Å². The van der Waals surface area contributed by atoms with E-state index in [0.717, 1.165) is 27.5 Å². The number of fused-ring (bicyclic) bond motifs is 1. The number of carbonyl (C=O) groups is 1. The Kier molecular flexibility index (Phi) is 6.87. The van der Waals surface area contributed by atoms with E-state index < -0.39 is 17.7 Å². The van der Waals surface area contributed by atoms with Gasteiger partial charge in [0.05, 0.1) is 11.8 Å². The molecular formula is C28H26ClNO4. The van der Waals surface area contributed by atoms with Crippen LogP contribution in [0.2, 0.25) is 5.02 Å². The molecule has 0 aliphatic heterocycles. The zero-order chi connectivity index (χ0) is 24.3. The van der Waals surface area contributed by atoms with E-state index in [-0.39, 0.29) is 6.61 Å². The molecule has 1 unspecified atom stereocenters. The predicted octanol–water partition coefficient (Wildman–Crippen LogP) is 7.08. The Balaban J connectivity index is 1.99. The van der Waals surface area contributed by atoms with Gasteiger partial charge in [0.2, 0.25) is 0 Å². The van der Waals surface area contributed by atoms with Crippen LogP contribution in [0.25, 0.3) is 21.9 Å². The Morgan fingerprint density at radius 1 is 1.06 bits per heavy atom. The first-order valence-electron chi connectivity index (χ1n) is 11.0. The lowest BCUT2D eigenvalue weighted by molar-refractivity contribution is -0.160. The Morgan fingerprint density at radius 3 is 2.44 bits per heavy atom. The van der Waals surface area contributed by atoms with Crippen molar-refractivity contribution in [1.29, 1.82) is 0 Å². The molecule has 1 aromatic heterocycles. The van der Waals surface area contributed by atoms with Crippen molar-refractivity contribution in [2.24, 2.45) is 0 Å². The van der Waals surface area contributed by atoms with E-state index in [1.165, 1.54) is 0 Å². The van der Waals surface area contributed by atoms with E-state index >= 15 is 0 Å². The molecule has 0 fully saturated rings. The lowest BCUT2D eigenvalue weighted by Crippen LogP contribution is -2.28. The molecule has 174 valence electrons. The number of rotatable bonds is 7. The molecule has 1 atom stereocenters. The van der Waals surface area contributed by atoms with Crippen molar-refractivity contribution < 1.29 is 19.4 Å². The molecule has 34 heavy (non-hydrogen) atoms. The molecule has 0 spiro atoms. The van der Waals surface area contributed by atoms with Gasteiger partial charge >= 0.3 is 5.97 Å². The number of carboxylic acid groups (broad SMARTS) is 1. The van der Waals surface area contributed by atoms with Crippen LogP contribution in [0.3, 0.4) is 0 Å². The van der Waals surface area contributed by atoms with Crippen LogP contribution >= 0.6 is 11.6 Å². The second-order valence-electron chi connectivity index (χ2n) is 8.98. The molecule has 0 radical (unpaired) electrons. The highest BCUT2D eigenvalue weighted by atomic mass is 35.5. The summed E-state index contributed by atoms with van der Waals surface area (Å²) < 4.78 is 12.1. The highest BCUT2D eigenvalue weighted by Crippen LogP contribution is 2.41. The molecule has 0 aliphatic carbocycles. The number of pyridine rings is 1. The minimum absolute atomic E-state index is 0.156. The lowest BCUT2D eigenvalue weighted by Gasteiger charge is -2.29. The van der Waals surface area contributed by atoms with E-state index in [2.05, 4.69) is 4.98 Å². The first-order chi connectivity index (χ1) is 16.2. The van der Waals surface area contributed by atoms with E-state index in [1.54, 1.807) is 30.6 Å². The minimum atomic E-state index is -1.21. The first kappa shape index (κ1) is 23.7. The predicted molar refractivity (Wildman–Crippen MR) is 134 cm³/mol. The molecular weight excluding hydrogens is 450 g/mol. The number of ether oxygens (including phenoxy) is 2. The summed E-state index contributed by atoms with van der Waals surface area (Å²) in [4.78, 5) is 16.7. The SMILES string of the molecule is CC(C)(C)OC(C(=O)O)c1c(COc2cccnc2)cc2ccccc2c1-c1ccc(Cl)cc1. The lowest BCUT2D eigenvalue weighted by atomic mass is 9.87. The number of nitrogens with zero attached hydrogens (tertiary/aromatic N) is 1. The third-order valence-electron chi connectivity index (χ3n) is 5.29. The third kappa shape index (κ3) is 5.38. The van der Waals surface area contributed by atoms with Crippen LogP contribution in [0, 0.1) is 0 Å². The summed E-state index contributed by atoms with van der Waals surface area (Å²) in [5, 5.41) is 12.8. The Hall–Kier alpha value is -3.41. The largest absolute Gasteiger partial charge is 0.487 e. The molecule has 0 saturated heterocycles. The summed E-state index contributed by atoms with van der Waals surface area (Å²) in [6.45, 7) is 5.69. The Bertz CT molecular complexity index is 1300. The van der Waals surface area contributed by atoms with Crippen molar-refractivity contribution in [3.8, 4) is 16.9 Å². The van der Waals surface area contributed by atoms with Gasteiger partial charge in [0.15, 0.2) is 6.10 Å². The summed E-state index contributed by atoms with van der Waals surface area (Å²) in [5.41, 5.74) is 2.24. The van der Waals surface area contributed by atoms with E-state index in [9.17, 15) is 9.90 Å². The number of hydrogen-bond donors (Lipinski definition) is 1. The number of carboxylic acids is 1. The van der Waals surface area contributed by atoms with Gasteiger partial charge in [-0.05, 0) is 78.6 Å². The Labute approximate surface area is 203 Å². The second kappa shape index (κ2) is 9.84. The van der Waals surface area contributed by atoms with Crippen molar-refractivity contribution in [2.45, 2.75) is 39.1 Å². The fourth-order valence-corrected chi connectivity index (χ4v) is 4.07. The van der Waals surface area contributed by atoms with Crippen molar-refractivity contribution in [3.05, 3.63) is 95.3 Å². The van der Waals surface area contributed by atoms with Gasteiger partial charge < -0.3 is 14.6 Å². The molecule has 0 aliphatic rings. The van der Waals surface area contributed by atoms with Crippen molar-refractivity contribution in [3.63, 3.8) is 0 Å². The molecule has 0 bridgehead atoms. The standard InChI is InChI=1S/C28H26ClNO4/c1-28(2,3)34-26(27(31)32)25-20(17-33-22-8-6-14-30-16-22)15-19-7-4-5-9-23(19)24(25)18-10-12-21(29)13-11-18/h4-16,26H,17H2,1-3H3,(H,31,32). The number of aliphatic carboxylic acids is 1. The highest BCUT2D eigenvalue weighted by molar-refractivity contribution is 6.30. The molecule has 1 N–H and O–H groups in total. The van der Waals surface area contributed by atoms with E-state index in [0.29, 0.717) is 16.3 Å². The molecule has 6 heteroatoms. The average molecular weight is 476 g/mol. The van der Waals surface area contributed by atoms with Crippen molar-refractivity contribution >= 4 is 28.3 Å². The monoisotopic (exact) mass is 475 g/mol. The summed E-state index contributed by atoms with van der Waals surface area (Å²) in [7, 11) is 0. The molecule has 0 amide bonds. The van der Waals surface area contributed by atoms with Crippen LogP contribution in [0.1, 0.15) is 38.0 Å². The topological polar surface area (TPSA) is 68.7 Å². The van der Waals surface area contributed by atoms with Gasteiger partial charge in [-0.15, -0.1) is 0 Å². The van der Waals surface area contributed by atoms with Crippen LogP contribution in [0.4, 0.5) is 0 Å². The molecule has 5 nitrogen and oxygen atoms in total. The molecule has 4 aromatic rings. The quantitative estimate of drug-likeness (QED) is 0.309. The number of benzene rings is 3. The molecule has 3 aromatic carbocycles.